The zero-order chi connectivity index (χ0) is 23.4. The van der Waals surface area contributed by atoms with E-state index in [-0.39, 0.29) is 5.92 Å². The number of Topliss-reactive ketones (excluding diaryl/α,β-unsaturated/α-hetero) is 1. The van der Waals surface area contributed by atoms with E-state index < -0.39 is 0 Å². The molecule has 0 amide bonds. The van der Waals surface area contributed by atoms with E-state index in [9.17, 15) is 4.79 Å². The minimum absolute atomic E-state index is 0.236. The van der Waals surface area contributed by atoms with Crippen molar-refractivity contribution in [3.8, 4) is 11.5 Å². The molecule has 1 fully saturated rings. The number of benzene rings is 2. The van der Waals surface area contributed by atoms with Gasteiger partial charge in [0.25, 0.3) is 0 Å². The van der Waals surface area contributed by atoms with Crippen LogP contribution in [0.25, 0.3) is 10.2 Å². The van der Waals surface area contributed by atoms with Crippen LogP contribution >= 0.6 is 11.3 Å². The van der Waals surface area contributed by atoms with E-state index in [1.807, 2.05) is 50.4 Å². The molecule has 4 rings (SSSR count). The first-order chi connectivity index (χ1) is 15.9. The van der Waals surface area contributed by atoms with Crippen LogP contribution in [0.15, 0.2) is 47.6 Å². The van der Waals surface area contributed by atoms with Gasteiger partial charge in [0.2, 0.25) is 5.13 Å². The van der Waals surface area contributed by atoms with E-state index in [0.717, 1.165) is 63.8 Å². The number of methoxy groups -OCH3 is 1. The molecule has 3 aromatic rings. The van der Waals surface area contributed by atoms with E-state index in [1.54, 1.807) is 30.4 Å². The third kappa shape index (κ3) is 5.53. The van der Waals surface area contributed by atoms with Crippen molar-refractivity contribution in [1.82, 2.24) is 4.98 Å². The Hall–Kier alpha value is -2.93. The molecule has 0 radical (unpaired) electrons. The molecule has 0 unspecified atom stereocenters. The highest BCUT2D eigenvalue weighted by Crippen LogP contribution is 2.32. The summed E-state index contributed by atoms with van der Waals surface area (Å²) in [4.78, 5) is 16.3. The predicted octanol–water partition coefficient (Wildman–Crippen LogP) is 5.94. The van der Waals surface area contributed by atoms with Crippen molar-refractivity contribution in [3.05, 3.63) is 48.0 Å². The molecule has 174 valence electrons. The van der Waals surface area contributed by atoms with Crippen molar-refractivity contribution in [2.24, 2.45) is 16.9 Å². The van der Waals surface area contributed by atoms with Gasteiger partial charge in [0.1, 0.15) is 17.3 Å². The highest BCUT2D eigenvalue weighted by atomic mass is 32.1. The molecule has 0 atom stereocenters. The van der Waals surface area contributed by atoms with Crippen molar-refractivity contribution in [2.45, 2.75) is 39.5 Å². The fourth-order valence-corrected chi connectivity index (χ4v) is 5.21. The van der Waals surface area contributed by atoms with Crippen molar-refractivity contribution >= 4 is 38.2 Å². The minimum atomic E-state index is 0.236. The number of anilines is 1. The van der Waals surface area contributed by atoms with Crippen LogP contribution in [0.3, 0.4) is 0 Å². The van der Waals surface area contributed by atoms with Crippen LogP contribution < -0.4 is 14.5 Å². The number of para-hydroxylation sites is 1. The fourth-order valence-electron chi connectivity index (χ4n) is 4.33. The number of nitrogens with zero attached hydrogens (tertiary/aromatic N) is 3. The quantitative estimate of drug-likeness (QED) is 0.304. The largest absolute Gasteiger partial charge is 0.496 e. The molecule has 0 aliphatic heterocycles. The second-order valence-electron chi connectivity index (χ2n) is 8.67. The zero-order valence-electron chi connectivity index (χ0n) is 19.7. The maximum atomic E-state index is 11.6. The smallest absolute Gasteiger partial charge is 0.206 e. The number of carbonyl (C=O) groups excluding carboxylic acids is 1. The first-order valence-electron chi connectivity index (χ1n) is 11.4. The average Bonchev–Trinajstić information content (AvgIpc) is 3.27. The minimum Gasteiger partial charge on any atom is -0.496 e. The van der Waals surface area contributed by atoms with Gasteiger partial charge in [-0.15, -0.1) is 0 Å². The summed E-state index contributed by atoms with van der Waals surface area (Å²) in [6, 6.07) is 13.9. The van der Waals surface area contributed by atoms with Gasteiger partial charge < -0.3 is 9.47 Å². The molecule has 7 heteroatoms. The van der Waals surface area contributed by atoms with Gasteiger partial charge in [0.05, 0.1) is 29.6 Å². The molecule has 1 aliphatic rings. The number of hydrogen-bond acceptors (Lipinski definition) is 7. The molecular formula is C26H31N3O3S. The first kappa shape index (κ1) is 23.2. The Morgan fingerprint density at radius 2 is 1.91 bits per heavy atom. The molecule has 1 heterocycles. The highest BCUT2D eigenvalue weighted by Gasteiger charge is 2.24. The summed E-state index contributed by atoms with van der Waals surface area (Å²) in [5, 5.41) is 7.41. The second kappa shape index (κ2) is 10.3. The van der Waals surface area contributed by atoms with Crippen LogP contribution in [0.4, 0.5) is 5.13 Å². The predicted molar refractivity (Wildman–Crippen MR) is 135 cm³/mol. The summed E-state index contributed by atoms with van der Waals surface area (Å²) in [5.41, 5.74) is 2.69. The standard InChI is InChI=1S/C26H31N3O3S/c1-17(28-29(3)26-27-23-7-5-6-8-25(23)33-26)22-15-21(13-14-24(22)31-4)32-16-19-9-11-20(12-10-19)18(2)30/h5-8,13-15,19-20H,9-12,16H2,1-4H3/b28-17+. The molecule has 1 aromatic heterocycles. The second-order valence-corrected chi connectivity index (χ2v) is 9.68. The monoisotopic (exact) mass is 465 g/mol. The Morgan fingerprint density at radius 3 is 2.61 bits per heavy atom. The number of ether oxygens (including phenoxy) is 2. The van der Waals surface area contributed by atoms with Gasteiger partial charge >= 0.3 is 0 Å². The van der Waals surface area contributed by atoms with Crippen molar-refractivity contribution in [3.63, 3.8) is 0 Å². The maximum absolute atomic E-state index is 11.6. The molecule has 0 spiro atoms. The normalized spacial score (nSPS) is 18.8. The Kier molecular flexibility index (Phi) is 7.28. The van der Waals surface area contributed by atoms with E-state index in [1.165, 1.54) is 0 Å². The first-order valence-corrected chi connectivity index (χ1v) is 12.2. The van der Waals surface area contributed by atoms with Crippen LogP contribution in [0.2, 0.25) is 0 Å². The number of aromatic nitrogens is 1. The van der Waals surface area contributed by atoms with E-state index >= 15 is 0 Å². The van der Waals surface area contributed by atoms with Crippen molar-refractivity contribution in [2.75, 3.05) is 25.8 Å². The third-order valence-electron chi connectivity index (χ3n) is 6.33. The molecule has 1 saturated carbocycles. The fraction of sp³-hybridized carbons (Fsp3) is 0.423. The molecule has 6 nitrogen and oxygen atoms in total. The lowest BCUT2D eigenvalue weighted by atomic mass is 9.81. The highest BCUT2D eigenvalue weighted by molar-refractivity contribution is 7.22. The van der Waals surface area contributed by atoms with E-state index in [2.05, 4.69) is 11.1 Å². The van der Waals surface area contributed by atoms with Gasteiger partial charge in [-0.1, -0.05) is 23.5 Å². The van der Waals surface area contributed by atoms with Gasteiger partial charge in [0.15, 0.2) is 0 Å². The van der Waals surface area contributed by atoms with Crippen LogP contribution in [-0.2, 0) is 4.79 Å². The number of ketones is 1. The number of carbonyl (C=O) groups is 1. The van der Waals surface area contributed by atoms with Crippen LogP contribution in [0.1, 0.15) is 45.1 Å². The molecule has 1 aliphatic carbocycles. The van der Waals surface area contributed by atoms with Crippen molar-refractivity contribution < 1.29 is 14.3 Å². The van der Waals surface area contributed by atoms with Gasteiger partial charge in [-0.05, 0) is 75.8 Å². The zero-order valence-corrected chi connectivity index (χ0v) is 20.5. The van der Waals surface area contributed by atoms with Crippen LogP contribution in [0, 0.1) is 11.8 Å². The summed E-state index contributed by atoms with van der Waals surface area (Å²) >= 11 is 1.61. The lowest BCUT2D eigenvalue weighted by molar-refractivity contribution is -0.121. The molecule has 0 bridgehead atoms. The van der Waals surface area contributed by atoms with E-state index in [4.69, 9.17) is 14.6 Å². The van der Waals surface area contributed by atoms with Gasteiger partial charge in [-0.2, -0.15) is 5.10 Å². The summed E-state index contributed by atoms with van der Waals surface area (Å²) in [7, 11) is 3.57. The third-order valence-corrected chi connectivity index (χ3v) is 7.43. The lowest BCUT2D eigenvalue weighted by Gasteiger charge is -2.27. The van der Waals surface area contributed by atoms with Gasteiger partial charge in [-0.3, -0.25) is 4.79 Å². The average molecular weight is 466 g/mol. The topological polar surface area (TPSA) is 64.0 Å². The number of rotatable bonds is 8. The SMILES string of the molecule is COc1ccc(OCC2CCC(C(C)=O)CC2)cc1/C(C)=N/N(C)c1nc2ccccc2s1. The summed E-state index contributed by atoms with van der Waals surface area (Å²) in [6.45, 7) is 4.34. The summed E-state index contributed by atoms with van der Waals surface area (Å²) in [6.07, 6.45) is 4.03. The van der Waals surface area contributed by atoms with Gasteiger partial charge in [0, 0.05) is 18.5 Å². The summed E-state index contributed by atoms with van der Waals surface area (Å²) < 4.78 is 12.9. The maximum Gasteiger partial charge on any atom is 0.206 e. The Labute approximate surface area is 199 Å². The van der Waals surface area contributed by atoms with E-state index in [0.29, 0.717) is 18.3 Å². The molecule has 0 saturated heterocycles. The molecular weight excluding hydrogens is 434 g/mol. The van der Waals surface area contributed by atoms with Crippen molar-refractivity contribution in [1.29, 1.82) is 0 Å². The molecule has 0 N–H and O–H groups in total. The lowest BCUT2D eigenvalue weighted by Crippen LogP contribution is -2.23. The number of thiazole rings is 1. The summed E-state index contributed by atoms with van der Waals surface area (Å²) in [5.74, 6) is 2.60. The number of fused-ring (bicyclic) bond motifs is 1. The Bertz CT molecular complexity index is 1120. The Balaban J connectivity index is 1.46. The van der Waals surface area contributed by atoms with Crippen LogP contribution in [-0.4, -0.2) is 37.2 Å². The van der Waals surface area contributed by atoms with Gasteiger partial charge in [-0.25, -0.2) is 9.99 Å². The number of hydrogen-bond donors (Lipinski definition) is 0. The molecule has 33 heavy (non-hydrogen) atoms. The Morgan fingerprint density at radius 1 is 1.15 bits per heavy atom. The molecule has 2 aromatic carbocycles. The van der Waals surface area contributed by atoms with Crippen LogP contribution in [0.5, 0.6) is 11.5 Å². The number of hydrazone groups is 1.